The van der Waals surface area contributed by atoms with E-state index in [1.54, 1.807) is 30.3 Å². The van der Waals surface area contributed by atoms with Crippen molar-refractivity contribution in [3.05, 3.63) is 59.9 Å². The molecule has 2 aromatic carbocycles. The molecule has 2 rings (SSSR count). The molecule has 0 atom stereocenters. The van der Waals surface area contributed by atoms with Crippen molar-refractivity contribution in [2.24, 2.45) is 5.10 Å². The number of carbonyl (C=O) groups is 2. The fraction of sp³-hybridized carbons (Fsp3) is 0.118. The van der Waals surface area contributed by atoms with Crippen LogP contribution in [0.5, 0.6) is 11.5 Å². The van der Waals surface area contributed by atoms with Gasteiger partial charge < -0.3 is 19.4 Å². The molecule has 0 aliphatic rings. The molecule has 130 valence electrons. The van der Waals surface area contributed by atoms with Crippen LogP contribution in [0, 0.1) is 5.82 Å². The number of carboxylic acids is 1. The van der Waals surface area contributed by atoms with E-state index in [4.69, 9.17) is 9.47 Å². The maximum Gasteiger partial charge on any atom is 0.277 e. The highest BCUT2D eigenvalue weighted by Crippen LogP contribution is 2.16. The summed E-state index contributed by atoms with van der Waals surface area (Å²) in [5.74, 6) is -2.29. The largest absolute Gasteiger partial charge is 0.546 e. The number of hydrogen-bond acceptors (Lipinski definition) is 6. The third kappa shape index (κ3) is 5.94. The molecule has 0 saturated heterocycles. The number of benzene rings is 2. The molecule has 25 heavy (non-hydrogen) atoms. The van der Waals surface area contributed by atoms with E-state index >= 15 is 0 Å². The van der Waals surface area contributed by atoms with E-state index in [9.17, 15) is 19.1 Å². The van der Waals surface area contributed by atoms with E-state index in [1.165, 1.54) is 24.4 Å². The van der Waals surface area contributed by atoms with E-state index in [1.807, 2.05) is 0 Å². The smallest absolute Gasteiger partial charge is 0.277 e. The van der Waals surface area contributed by atoms with Gasteiger partial charge in [0.05, 0.1) is 12.2 Å². The Labute approximate surface area is 142 Å². The summed E-state index contributed by atoms with van der Waals surface area (Å²) in [4.78, 5) is 22.1. The van der Waals surface area contributed by atoms with Gasteiger partial charge in [0.25, 0.3) is 5.91 Å². The predicted molar refractivity (Wildman–Crippen MR) is 84.6 cm³/mol. The molecule has 0 aromatic heterocycles. The van der Waals surface area contributed by atoms with E-state index in [0.29, 0.717) is 5.56 Å². The maximum atomic E-state index is 13.3. The summed E-state index contributed by atoms with van der Waals surface area (Å²) >= 11 is 0. The average molecular weight is 345 g/mol. The van der Waals surface area contributed by atoms with Gasteiger partial charge in [-0.15, -0.1) is 0 Å². The van der Waals surface area contributed by atoms with Gasteiger partial charge in [0.2, 0.25) is 0 Å². The summed E-state index contributed by atoms with van der Waals surface area (Å²) < 4.78 is 23.4. The Kier molecular flexibility index (Phi) is 6.47. The maximum absolute atomic E-state index is 13.3. The number of nitrogens with zero attached hydrogens (tertiary/aromatic N) is 1. The van der Waals surface area contributed by atoms with Crippen LogP contribution in [0.25, 0.3) is 0 Å². The van der Waals surface area contributed by atoms with Crippen molar-refractivity contribution in [2.45, 2.75) is 0 Å². The molecule has 0 spiro atoms. The normalized spacial score (nSPS) is 10.4. The zero-order valence-corrected chi connectivity index (χ0v) is 13.0. The average Bonchev–Trinajstić information content (AvgIpc) is 2.60. The fourth-order valence-electron chi connectivity index (χ4n) is 1.77. The summed E-state index contributed by atoms with van der Waals surface area (Å²) in [5.41, 5.74) is 2.67. The molecule has 0 radical (unpaired) electrons. The molecule has 0 fully saturated rings. The van der Waals surface area contributed by atoms with Gasteiger partial charge in [-0.05, 0) is 24.3 Å². The SMILES string of the molecule is O=C([O-])COc1ccccc1/C=N\NC(=O)COc1ccccc1F. The molecule has 8 heteroatoms. The number of amides is 1. The van der Waals surface area contributed by atoms with E-state index in [2.05, 4.69) is 10.5 Å². The number of carbonyl (C=O) groups excluding carboxylic acids is 2. The monoisotopic (exact) mass is 345 g/mol. The first-order valence-corrected chi connectivity index (χ1v) is 7.17. The lowest BCUT2D eigenvalue weighted by Crippen LogP contribution is -2.29. The predicted octanol–water partition coefficient (Wildman–Crippen LogP) is 0.483. The molecule has 0 heterocycles. The third-order valence-electron chi connectivity index (χ3n) is 2.85. The molecular weight excluding hydrogens is 331 g/mol. The molecular formula is C17H14FN2O5-. The summed E-state index contributed by atoms with van der Waals surface area (Å²) in [6.45, 7) is -1.02. The standard InChI is InChI=1S/C17H15FN2O5/c18-13-6-2-4-8-15(13)24-10-16(21)20-19-9-12-5-1-3-7-14(12)25-11-17(22)23/h1-9H,10-11H2,(H,20,21)(H,22,23)/p-1/b19-9-. The first-order valence-electron chi connectivity index (χ1n) is 7.17. The minimum Gasteiger partial charge on any atom is -0.546 e. The zero-order chi connectivity index (χ0) is 18.1. The van der Waals surface area contributed by atoms with Crippen molar-refractivity contribution in [3.8, 4) is 11.5 Å². The van der Waals surface area contributed by atoms with Crippen molar-refractivity contribution < 1.29 is 28.6 Å². The molecule has 7 nitrogen and oxygen atoms in total. The van der Waals surface area contributed by atoms with Crippen LogP contribution in [0.4, 0.5) is 4.39 Å². The van der Waals surface area contributed by atoms with Gasteiger partial charge in [0.1, 0.15) is 12.4 Å². The first kappa shape index (κ1) is 17.9. The minimum absolute atomic E-state index is 0.0392. The van der Waals surface area contributed by atoms with Crippen LogP contribution in [-0.2, 0) is 9.59 Å². The van der Waals surface area contributed by atoms with Gasteiger partial charge >= 0.3 is 0 Å². The number of rotatable bonds is 8. The summed E-state index contributed by atoms with van der Waals surface area (Å²) in [5, 5.41) is 14.2. The molecule has 0 unspecified atom stereocenters. The second kappa shape index (κ2) is 9.02. The van der Waals surface area contributed by atoms with Crippen molar-refractivity contribution in [1.82, 2.24) is 5.43 Å². The van der Waals surface area contributed by atoms with Crippen molar-refractivity contribution in [3.63, 3.8) is 0 Å². The second-order valence-corrected chi connectivity index (χ2v) is 4.71. The topological polar surface area (TPSA) is 100 Å². The summed E-state index contributed by atoms with van der Waals surface area (Å²) in [6, 6.07) is 12.2. The van der Waals surface area contributed by atoms with Crippen molar-refractivity contribution in [1.29, 1.82) is 0 Å². The van der Waals surface area contributed by atoms with Crippen molar-refractivity contribution >= 4 is 18.1 Å². The number of aliphatic carboxylic acids is 1. The zero-order valence-electron chi connectivity index (χ0n) is 13.0. The quantitative estimate of drug-likeness (QED) is 0.554. The van der Waals surface area contributed by atoms with Crippen molar-refractivity contribution in [2.75, 3.05) is 13.2 Å². The fourth-order valence-corrected chi connectivity index (χ4v) is 1.77. The highest BCUT2D eigenvalue weighted by atomic mass is 19.1. The Balaban J connectivity index is 1.87. The number of ether oxygens (including phenoxy) is 2. The molecule has 0 aliphatic carbocycles. The number of hydrogen-bond donors (Lipinski definition) is 1. The van der Waals surface area contributed by atoms with Crippen LogP contribution in [0.1, 0.15) is 5.56 Å². The Morgan fingerprint density at radius 1 is 1.04 bits per heavy atom. The molecule has 1 amide bonds. The lowest BCUT2D eigenvalue weighted by molar-refractivity contribution is -0.307. The number of hydrazone groups is 1. The number of halogens is 1. The van der Waals surface area contributed by atoms with Crippen LogP contribution in [0.3, 0.4) is 0 Å². The number of nitrogens with one attached hydrogen (secondary N) is 1. The first-order chi connectivity index (χ1) is 12.1. The molecule has 2 aromatic rings. The highest BCUT2D eigenvalue weighted by molar-refractivity contribution is 5.85. The van der Waals surface area contributed by atoms with Gasteiger partial charge in [0, 0.05) is 5.56 Å². The van der Waals surface area contributed by atoms with E-state index in [-0.39, 0.29) is 11.5 Å². The summed E-state index contributed by atoms with van der Waals surface area (Å²) in [7, 11) is 0. The Hall–Kier alpha value is -3.42. The Morgan fingerprint density at radius 2 is 1.68 bits per heavy atom. The van der Waals surface area contributed by atoms with Gasteiger partial charge in [-0.1, -0.05) is 24.3 Å². The van der Waals surface area contributed by atoms with Gasteiger partial charge in [-0.3, -0.25) is 4.79 Å². The minimum atomic E-state index is -1.36. The molecule has 0 aliphatic heterocycles. The van der Waals surface area contributed by atoms with Crippen LogP contribution < -0.4 is 20.0 Å². The van der Waals surface area contributed by atoms with Gasteiger partial charge in [-0.25, -0.2) is 9.82 Å². The molecule has 1 N–H and O–H groups in total. The third-order valence-corrected chi connectivity index (χ3v) is 2.85. The van der Waals surface area contributed by atoms with Gasteiger partial charge in [0.15, 0.2) is 18.2 Å². The highest BCUT2D eigenvalue weighted by Gasteiger charge is 2.05. The molecule has 0 saturated carbocycles. The summed E-state index contributed by atoms with van der Waals surface area (Å²) in [6.07, 6.45) is 1.28. The lowest BCUT2D eigenvalue weighted by atomic mass is 10.2. The number of carboxylic acid groups (broad SMARTS) is 1. The second-order valence-electron chi connectivity index (χ2n) is 4.71. The molecule has 0 bridgehead atoms. The van der Waals surface area contributed by atoms with Crippen LogP contribution in [0.15, 0.2) is 53.6 Å². The van der Waals surface area contributed by atoms with E-state index < -0.39 is 30.9 Å². The lowest BCUT2D eigenvalue weighted by Gasteiger charge is -2.09. The van der Waals surface area contributed by atoms with Crippen LogP contribution in [0.2, 0.25) is 0 Å². The van der Waals surface area contributed by atoms with Gasteiger partial charge in [-0.2, -0.15) is 5.10 Å². The van der Waals surface area contributed by atoms with Crippen LogP contribution >= 0.6 is 0 Å². The van der Waals surface area contributed by atoms with E-state index in [0.717, 1.165) is 0 Å². The number of para-hydroxylation sites is 2. The van der Waals surface area contributed by atoms with Crippen LogP contribution in [-0.4, -0.2) is 31.3 Å². The Bertz CT molecular complexity index is 779. The Morgan fingerprint density at radius 3 is 2.40 bits per heavy atom.